The van der Waals surface area contributed by atoms with Crippen molar-refractivity contribution in [2.45, 2.75) is 60.3 Å². The summed E-state index contributed by atoms with van der Waals surface area (Å²) in [5, 5.41) is 0. The average molecular weight is 420 g/mol. The molecule has 2 rings (SSSR count). The van der Waals surface area contributed by atoms with E-state index in [1.165, 1.54) is 22.8 Å². The summed E-state index contributed by atoms with van der Waals surface area (Å²) in [5.41, 5.74) is 11.4. The quantitative estimate of drug-likeness (QED) is 0.372. The molecule has 3 nitrogen and oxygen atoms in total. The number of rotatable bonds is 8. The third kappa shape index (κ3) is 6.85. The van der Waals surface area contributed by atoms with E-state index in [0.717, 1.165) is 29.7 Å². The lowest BCUT2D eigenvalue weighted by molar-refractivity contribution is -0.113. The van der Waals surface area contributed by atoms with E-state index in [9.17, 15) is 4.79 Å². The van der Waals surface area contributed by atoms with Gasteiger partial charge in [-0.3, -0.25) is 4.79 Å². The van der Waals surface area contributed by atoms with E-state index in [-0.39, 0.29) is 5.41 Å². The molecule has 0 heterocycles. The van der Waals surface area contributed by atoms with Crippen LogP contribution < -0.4 is 10.5 Å². The Balaban J connectivity index is 2.32. The number of carbonyl (C=O) groups is 1. The van der Waals surface area contributed by atoms with Gasteiger partial charge in [0.05, 0.1) is 6.61 Å². The van der Waals surface area contributed by atoms with E-state index < -0.39 is 5.91 Å². The number of hydrogen-bond acceptors (Lipinski definition) is 2. The summed E-state index contributed by atoms with van der Waals surface area (Å²) < 4.78 is 5.92. The van der Waals surface area contributed by atoms with Crippen molar-refractivity contribution in [3.8, 4) is 5.75 Å². The van der Waals surface area contributed by atoms with Crippen molar-refractivity contribution in [1.82, 2.24) is 0 Å². The second kappa shape index (κ2) is 11.0. The number of primary amides is 1. The van der Waals surface area contributed by atoms with E-state index in [4.69, 9.17) is 10.5 Å². The van der Waals surface area contributed by atoms with E-state index in [0.29, 0.717) is 12.5 Å². The zero-order valence-electron chi connectivity index (χ0n) is 19.9. The first kappa shape index (κ1) is 24.5. The highest BCUT2D eigenvalue weighted by Crippen LogP contribution is 2.48. The number of hydrogen-bond donors (Lipinski definition) is 1. The van der Waals surface area contributed by atoms with Gasteiger partial charge >= 0.3 is 0 Å². The molecule has 1 unspecified atom stereocenters. The minimum atomic E-state index is -0.426. The summed E-state index contributed by atoms with van der Waals surface area (Å²) in [7, 11) is 0. The molecule has 1 amide bonds. The van der Waals surface area contributed by atoms with Crippen molar-refractivity contribution >= 4 is 5.91 Å². The molecule has 3 heteroatoms. The molecule has 1 aliphatic carbocycles. The summed E-state index contributed by atoms with van der Waals surface area (Å²) in [6.45, 7) is 13.6. The average Bonchev–Trinajstić information content (AvgIpc) is 2.68. The van der Waals surface area contributed by atoms with Crippen LogP contribution in [0.3, 0.4) is 0 Å². The monoisotopic (exact) mass is 419 g/mol. The molecule has 166 valence electrons. The summed E-state index contributed by atoms with van der Waals surface area (Å²) in [5.74, 6) is 0.948. The lowest BCUT2D eigenvalue weighted by Gasteiger charge is -2.38. The lowest BCUT2D eigenvalue weighted by atomic mass is 9.67. The third-order valence-electron chi connectivity index (χ3n) is 5.93. The fourth-order valence-corrected chi connectivity index (χ4v) is 4.27. The molecular formula is C28H37NO2. The third-order valence-corrected chi connectivity index (χ3v) is 5.93. The molecule has 0 saturated carbocycles. The van der Waals surface area contributed by atoms with Crippen LogP contribution in [-0.2, 0) is 4.79 Å². The second-order valence-electron chi connectivity index (χ2n) is 8.94. The van der Waals surface area contributed by atoms with Crippen LogP contribution in [0.1, 0.15) is 65.9 Å². The summed E-state index contributed by atoms with van der Waals surface area (Å²) in [4.78, 5) is 10.9. The van der Waals surface area contributed by atoms with Gasteiger partial charge in [0.25, 0.3) is 0 Å². The van der Waals surface area contributed by atoms with Crippen LogP contribution in [0.25, 0.3) is 0 Å². The molecule has 1 aliphatic rings. The number of benzene rings is 1. The molecule has 1 atom stereocenters. The number of para-hydroxylation sites is 1. The molecule has 0 bridgehead atoms. The van der Waals surface area contributed by atoms with E-state index in [1.54, 1.807) is 0 Å². The standard InChI is InChI=1S/C28H37NO2/c1-7-31-26-14-9-8-13-24(26)23-17-18-28(5,6)25(22(23)4)16-15-20(2)11-10-12-21(3)19-27(29)30/h8-16,19,23H,7,17-18H2,1-6H3,(H2,29,30)/b12-10+,16-15+,20-11-,21-19+. The largest absolute Gasteiger partial charge is 0.494 e. The maximum Gasteiger partial charge on any atom is 0.241 e. The van der Waals surface area contributed by atoms with Crippen molar-refractivity contribution in [3.63, 3.8) is 0 Å². The highest BCUT2D eigenvalue weighted by Gasteiger charge is 2.33. The summed E-state index contributed by atoms with van der Waals surface area (Å²) in [6, 6.07) is 8.43. The van der Waals surface area contributed by atoms with E-state index >= 15 is 0 Å². The van der Waals surface area contributed by atoms with Crippen molar-refractivity contribution in [1.29, 1.82) is 0 Å². The molecule has 0 spiro atoms. The van der Waals surface area contributed by atoms with Gasteiger partial charge in [-0.05, 0) is 63.2 Å². The van der Waals surface area contributed by atoms with Gasteiger partial charge in [-0.2, -0.15) is 0 Å². The van der Waals surface area contributed by atoms with Gasteiger partial charge in [-0.15, -0.1) is 0 Å². The van der Waals surface area contributed by atoms with Crippen LogP contribution in [0.5, 0.6) is 5.75 Å². The van der Waals surface area contributed by atoms with Gasteiger partial charge in [0, 0.05) is 17.6 Å². The number of allylic oxidation sites excluding steroid dienone is 9. The van der Waals surface area contributed by atoms with Crippen LogP contribution >= 0.6 is 0 Å². The number of ether oxygens (including phenoxy) is 1. The molecule has 0 radical (unpaired) electrons. The summed E-state index contributed by atoms with van der Waals surface area (Å²) in [6.07, 6.45) is 14.0. The number of nitrogens with two attached hydrogens (primary N) is 1. The minimum Gasteiger partial charge on any atom is -0.494 e. The topological polar surface area (TPSA) is 52.3 Å². The summed E-state index contributed by atoms with van der Waals surface area (Å²) >= 11 is 0. The number of carbonyl (C=O) groups excluding carboxylic acids is 1. The first-order valence-corrected chi connectivity index (χ1v) is 11.1. The highest BCUT2D eigenvalue weighted by molar-refractivity contribution is 5.86. The first-order chi connectivity index (χ1) is 14.7. The zero-order valence-corrected chi connectivity index (χ0v) is 19.9. The molecule has 1 aromatic carbocycles. The Labute approximate surface area is 188 Å². The van der Waals surface area contributed by atoms with Crippen LogP contribution in [-0.4, -0.2) is 12.5 Å². The van der Waals surface area contributed by atoms with Gasteiger partial charge in [0.2, 0.25) is 5.91 Å². The predicted octanol–water partition coefficient (Wildman–Crippen LogP) is 6.80. The van der Waals surface area contributed by atoms with E-state index in [2.05, 4.69) is 58.0 Å². The van der Waals surface area contributed by atoms with Crippen LogP contribution in [0.15, 0.2) is 83.0 Å². The normalized spacial score (nSPS) is 20.0. The molecular weight excluding hydrogens is 382 g/mol. The maximum atomic E-state index is 10.9. The van der Waals surface area contributed by atoms with Gasteiger partial charge < -0.3 is 10.5 Å². The fourth-order valence-electron chi connectivity index (χ4n) is 4.27. The van der Waals surface area contributed by atoms with Crippen LogP contribution in [0.2, 0.25) is 0 Å². The Kier molecular flexibility index (Phi) is 8.67. The van der Waals surface area contributed by atoms with Gasteiger partial charge in [0.1, 0.15) is 5.75 Å². The molecule has 0 aromatic heterocycles. The number of amides is 1. The second-order valence-corrected chi connectivity index (χ2v) is 8.94. The highest BCUT2D eigenvalue weighted by atomic mass is 16.5. The maximum absolute atomic E-state index is 10.9. The smallest absolute Gasteiger partial charge is 0.241 e. The van der Waals surface area contributed by atoms with Crippen LogP contribution in [0, 0.1) is 5.41 Å². The van der Waals surface area contributed by atoms with Gasteiger partial charge in [0.15, 0.2) is 0 Å². The molecule has 0 fully saturated rings. The molecule has 0 aliphatic heterocycles. The Morgan fingerprint density at radius 3 is 2.58 bits per heavy atom. The van der Waals surface area contributed by atoms with Crippen molar-refractivity contribution < 1.29 is 9.53 Å². The molecule has 31 heavy (non-hydrogen) atoms. The Morgan fingerprint density at radius 1 is 1.19 bits per heavy atom. The van der Waals surface area contributed by atoms with Gasteiger partial charge in [-0.25, -0.2) is 0 Å². The molecule has 1 aromatic rings. The van der Waals surface area contributed by atoms with Crippen molar-refractivity contribution in [2.24, 2.45) is 11.1 Å². The minimum absolute atomic E-state index is 0.134. The van der Waals surface area contributed by atoms with Crippen LogP contribution in [0.4, 0.5) is 0 Å². The van der Waals surface area contributed by atoms with Gasteiger partial charge in [-0.1, -0.05) is 73.6 Å². The Hall–Kier alpha value is -2.81. The predicted molar refractivity (Wildman–Crippen MR) is 131 cm³/mol. The van der Waals surface area contributed by atoms with E-state index in [1.807, 2.05) is 38.1 Å². The SMILES string of the molecule is CCOc1ccccc1C1CCC(C)(C)C(/C=C/C(C)=C\C=C\C(C)=C\C(N)=O)=C1C. The fraction of sp³-hybridized carbons (Fsp3) is 0.393. The van der Waals surface area contributed by atoms with Crippen molar-refractivity contribution in [2.75, 3.05) is 6.61 Å². The Morgan fingerprint density at radius 2 is 1.90 bits per heavy atom. The lowest BCUT2D eigenvalue weighted by Crippen LogP contribution is -2.24. The molecule has 2 N–H and O–H groups in total. The van der Waals surface area contributed by atoms with Crippen molar-refractivity contribution in [3.05, 3.63) is 88.6 Å². The Bertz CT molecular complexity index is 942. The molecule has 0 saturated heterocycles. The zero-order chi connectivity index (χ0) is 23.0. The first-order valence-electron chi connectivity index (χ1n) is 11.1.